The standard InChI is InChI=1S/C18H19FN6O3/c1-12-20-18(28-22-12)16-10-25(23-21-16)14-6-8-24(9-7-14)17(26)11-27-15-4-2-13(19)3-5-15/h2-5,10,14H,6-9,11H2,1H3. The van der Waals surface area contributed by atoms with Crippen molar-refractivity contribution < 1.29 is 18.4 Å². The molecule has 28 heavy (non-hydrogen) atoms. The fraction of sp³-hybridized carbons (Fsp3) is 0.389. The van der Waals surface area contributed by atoms with E-state index in [1.165, 1.54) is 24.3 Å². The number of aromatic nitrogens is 5. The molecule has 1 aliphatic heterocycles. The second-order valence-electron chi connectivity index (χ2n) is 6.59. The van der Waals surface area contributed by atoms with Gasteiger partial charge in [0, 0.05) is 13.1 Å². The number of hydrogen-bond acceptors (Lipinski definition) is 7. The van der Waals surface area contributed by atoms with Crippen LogP contribution < -0.4 is 4.74 Å². The third-order valence-electron chi connectivity index (χ3n) is 4.62. The van der Waals surface area contributed by atoms with Crippen molar-refractivity contribution >= 4 is 5.91 Å². The topological polar surface area (TPSA) is 99.2 Å². The van der Waals surface area contributed by atoms with E-state index >= 15 is 0 Å². The van der Waals surface area contributed by atoms with Gasteiger partial charge in [0.1, 0.15) is 11.6 Å². The molecule has 9 nitrogen and oxygen atoms in total. The van der Waals surface area contributed by atoms with Crippen LogP contribution >= 0.6 is 0 Å². The molecule has 1 fully saturated rings. The van der Waals surface area contributed by atoms with E-state index in [4.69, 9.17) is 9.26 Å². The zero-order valence-corrected chi connectivity index (χ0v) is 15.3. The van der Waals surface area contributed by atoms with Crippen LogP contribution in [0.1, 0.15) is 24.7 Å². The lowest BCUT2D eigenvalue weighted by Crippen LogP contribution is -2.41. The molecule has 1 saturated heterocycles. The van der Waals surface area contributed by atoms with Gasteiger partial charge in [-0.25, -0.2) is 9.07 Å². The summed E-state index contributed by atoms with van der Waals surface area (Å²) in [6.45, 7) is 2.88. The maximum atomic E-state index is 12.9. The van der Waals surface area contributed by atoms with Crippen LogP contribution in [0.2, 0.25) is 0 Å². The quantitative estimate of drug-likeness (QED) is 0.661. The molecule has 146 valence electrons. The number of carbonyl (C=O) groups is 1. The molecular weight excluding hydrogens is 367 g/mol. The Hall–Kier alpha value is -3.30. The van der Waals surface area contributed by atoms with Gasteiger partial charge in [-0.2, -0.15) is 4.98 Å². The van der Waals surface area contributed by atoms with E-state index in [1.54, 1.807) is 22.7 Å². The summed E-state index contributed by atoms with van der Waals surface area (Å²) in [5.41, 5.74) is 0.534. The lowest BCUT2D eigenvalue weighted by Gasteiger charge is -2.31. The number of aryl methyl sites for hydroxylation is 1. The van der Waals surface area contributed by atoms with Crippen molar-refractivity contribution in [2.45, 2.75) is 25.8 Å². The summed E-state index contributed by atoms with van der Waals surface area (Å²) < 4.78 is 25.2. The van der Waals surface area contributed by atoms with E-state index in [2.05, 4.69) is 20.5 Å². The Balaban J connectivity index is 1.29. The first-order valence-electron chi connectivity index (χ1n) is 8.97. The van der Waals surface area contributed by atoms with E-state index in [0.29, 0.717) is 36.2 Å². The van der Waals surface area contributed by atoms with Gasteiger partial charge >= 0.3 is 0 Å². The lowest BCUT2D eigenvalue weighted by molar-refractivity contribution is -0.134. The van der Waals surface area contributed by atoms with Crippen molar-refractivity contribution in [3.8, 4) is 17.3 Å². The zero-order chi connectivity index (χ0) is 19.5. The highest BCUT2D eigenvalue weighted by atomic mass is 19.1. The highest BCUT2D eigenvalue weighted by Gasteiger charge is 2.25. The molecular formula is C18H19FN6O3. The number of carbonyl (C=O) groups excluding carboxylic acids is 1. The van der Waals surface area contributed by atoms with Gasteiger partial charge in [-0.3, -0.25) is 4.79 Å². The highest BCUT2D eigenvalue weighted by molar-refractivity contribution is 5.77. The summed E-state index contributed by atoms with van der Waals surface area (Å²) in [6, 6.07) is 5.75. The molecule has 1 aromatic carbocycles. The van der Waals surface area contributed by atoms with Gasteiger partial charge in [0.2, 0.25) is 0 Å². The van der Waals surface area contributed by atoms with E-state index in [0.717, 1.165) is 12.8 Å². The minimum Gasteiger partial charge on any atom is -0.484 e. The highest BCUT2D eigenvalue weighted by Crippen LogP contribution is 2.24. The van der Waals surface area contributed by atoms with Gasteiger partial charge < -0.3 is 14.2 Å². The summed E-state index contributed by atoms with van der Waals surface area (Å²) in [5.74, 6) is 0.916. The van der Waals surface area contributed by atoms with Crippen molar-refractivity contribution in [1.82, 2.24) is 30.0 Å². The SMILES string of the molecule is Cc1noc(-c2cn(C3CCN(C(=O)COc4ccc(F)cc4)CC3)nn2)n1. The Morgan fingerprint density at radius 2 is 2.04 bits per heavy atom. The number of likely N-dealkylation sites (tertiary alicyclic amines) is 1. The molecule has 0 radical (unpaired) electrons. The number of nitrogens with zero attached hydrogens (tertiary/aromatic N) is 6. The Labute approximate surface area is 160 Å². The molecule has 3 aromatic rings. The van der Waals surface area contributed by atoms with Crippen molar-refractivity contribution in [2.24, 2.45) is 0 Å². The number of ether oxygens (including phenoxy) is 1. The molecule has 0 bridgehead atoms. The molecule has 0 unspecified atom stereocenters. The molecule has 1 amide bonds. The van der Waals surface area contributed by atoms with E-state index < -0.39 is 0 Å². The Morgan fingerprint density at radius 3 is 2.71 bits per heavy atom. The predicted molar refractivity (Wildman–Crippen MR) is 94.8 cm³/mol. The second-order valence-corrected chi connectivity index (χ2v) is 6.59. The summed E-state index contributed by atoms with van der Waals surface area (Å²) in [7, 11) is 0. The Kier molecular flexibility index (Phi) is 5.00. The van der Waals surface area contributed by atoms with Crippen LogP contribution in [0.5, 0.6) is 5.75 Å². The van der Waals surface area contributed by atoms with E-state index in [9.17, 15) is 9.18 Å². The summed E-state index contributed by atoms with van der Waals surface area (Å²) in [4.78, 5) is 18.2. The lowest BCUT2D eigenvalue weighted by atomic mass is 10.1. The van der Waals surface area contributed by atoms with Crippen LogP contribution in [-0.2, 0) is 4.79 Å². The molecule has 0 N–H and O–H groups in total. The van der Waals surface area contributed by atoms with Gasteiger partial charge in [0.15, 0.2) is 18.1 Å². The van der Waals surface area contributed by atoms with Crippen molar-refractivity contribution in [3.63, 3.8) is 0 Å². The first-order chi connectivity index (χ1) is 13.6. The average Bonchev–Trinajstić information content (AvgIpc) is 3.36. The predicted octanol–water partition coefficient (Wildman–Crippen LogP) is 2.02. The number of hydrogen-bond donors (Lipinski definition) is 0. The molecule has 1 aliphatic rings. The molecule has 4 rings (SSSR count). The summed E-state index contributed by atoms with van der Waals surface area (Å²) in [5, 5.41) is 12.0. The van der Waals surface area contributed by atoms with Crippen LogP contribution in [0.4, 0.5) is 4.39 Å². The first-order valence-corrected chi connectivity index (χ1v) is 8.97. The van der Waals surface area contributed by atoms with Gasteiger partial charge in [-0.1, -0.05) is 10.4 Å². The van der Waals surface area contributed by atoms with Crippen LogP contribution in [0.3, 0.4) is 0 Å². The van der Waals surface area contributed by atoms with Crippen LogP contribution in [0, 0.1) is 12.7 Å². The Morgan fingerprint density at radius 1 is 1.29 bits per heavy atom. The summed E-state index contributed by atoms with van der Waals surface area (Å²) in [6.07, 6.45) is 3.30. The molecule has 10 heteroatoms. The normalized spacial score (nSPS) is 15.0. The summed E-state index contributed by atoms with van der Waals surface area (Å²) >= 11 is 0. The van der Waals surface area contributed by atoms with Crippen molar-refractivity contribution in [3.05, 3.63) is 42.1 Å². The molecule has 3 heterocycles. The van der Waals surface area contributed by atoms with E-state index in [1.807, 2.05) is 0 Å². The number of amides is 1. The molecule has 0 atom stereocenters. The average molecular weight is 386 g/mol. The van der Waals surface area contributed by atoms with Crippen LogP contribution in [0.25, 0.3) is 11.6 Å². The van der Waals surface area contributed by atoms with Crippen molar-refractivity contribution in [1.29, 1.82) is 0 Å². The second kappa shape index (κ2) is 7.75. The third kappa shape index (κ3) is 4.00. The zero-order valence-electron chi connectivity index (χ0n) is 15.3. The minimum absolute atomic E-state index is 0.0692. The molecule has 2 aromatic heterocycles. The van der Waals surface area contributed by atoms with Gasteiger partial charge in [0.05, 0.1) is 12.2 Å². The minimum atomic E-state index is -0.341. The van der Waals surface area contributed by atoms with Crippen molar-refractivity contribution in [2.75, 3.05) is 19.7 Å². The molecule has 0 saturated carbocycles. The number of halogens is 1. The maximum absolute atomic E-state index is 12.9. The fourth-order valence-corrected chi connectivity index (χ4v) is 3.10. The Bertz CT molecular complexity index is 946. The van der Waals surface area contributed by atoms with Crippen LogP contribution in [-0.4, -0.2) is 55.6 Å². The number of piperidine rings is 1. The first kappa shape index (κ1) is 18.1. The fourth-order valence-electron chi connectivity index (χ4n) is 3.10. The smallest absolute Gasteiger partial charge is 0.280 e. The van der Waals surface area contributed by atoms with E-state index in [-0.39, 0.29) is 24.4 Å². The van der Waals surface area contributed by atoms with Gasteiger partial charge in [0.25, 0.3) is 11.8 Å². The molecule has 0 aliphatic carbocycles. The largest absolute Gasteiger partial charge is 0.484 e. The van der Waals surface area contributed by atoms with Gasteiger partial charge in [-0.05, 0) is 44.0 Å². The maximum Gasteiger partial charge on any atom is 0.280 e. The number of benzene rings is 1. The number of rotatable bonds is 5. The molecule has 0 spiro atoms. The monoisotopic (exact) mass is 386 g/mol. The third-order valence-corrected chi connectivity index (χ3v) is 4.62. The van der Waals surface area contributed by atoms with Gasteiger partial charge in [-0.15, -0.1) is 5.10 Å². The van der Waals surface area contributed by atoms with Crippen LogP contribution in [0.15, 0.2) is 35.0 Å².